The van der Waals surface area contributed by atoms with Crippen LogP contribution < -0.4 is 4.72 Å². The Morgan fingerprint density at radius 3 is 2.46 bits per heavy atom. The van der Waals surface area contributed by atoms with E-state index in [-0.39, 0.29) is 36.1 Å². The molecular weight excluding hydrogens is 358 g/mol. The first-order chi connectivity index (χ1) is 12.3. The Hall–Kier alpha value is -1.87. The molecule has 0 aromatic carbocycles. The van der Waals surface area contributed by atoms with Gasteiger partial charge in [-0.3, -0.25) is 4.79 Å². The minimum absolute atomic E-state index is 0.0229. The maximum Gasteiger partial charge on any atom is 0.354 e. The van der Waals surface area contributed by atoms with Crippen molar-refractivity contribution in [2.75, 3.05) is 26.2 Å². The van der Waals surface area contributed by atoms with Crippen molar-refractivity contribution in [2.24, 2.45) is 7.05 Å². The van der Waals surface area contributed by atoms with E-state index < -0.39 is 16.0 Å². The van der Waals surface area contributed by atoms with Gasteiger partial charge < -0.3 is 14.2 Å². The summed E-state index contributed by atoms with van der Waals surface area (Å²) in [4.78, 5) is 25.8. The summed E-state index contributed by atoms with van der Waals surface area (Å²) in [6, 6.07) is 1.27. The number of rotatable bonds is 7. The quantitative estimate of drug-likeness (QED) is 0.713. The number of esters is 1. The van der Waals surface area contributed by atoms with Crippen LogP contribution in [0.25, 0.3) is 0 Å². The van der Waals surface area contributed by atoms with Gasteiger partial charge in [0.05, 0.1) is 6.61 Å². The third-order valence-electron chi connectivity index (χ3n) is 4.36. The van der Waals surface area contributed by atoms with Crippen LogP contribution in [-0.2, 0) is 26.6 Å². The van der Waals surface area contributed by atoms with Gasteiger partial charge in [-0.1, -0.05) is 12.8 Å². The average Bonchev–Trinajstić information content (AvgIpc) is 2.81. The predicted octanol–water partition coefficient (Wildman–Crippen LogP) is 1.27. The van der Waals surface area contributed by atoms with Gasteiger partial charge in [0.15, 0.2) is 0 Å². The first-order valence-corrected chi connectivity index (χ1v) is 10.4. The van der Waals surface area contributed by atoms with Gasteiger partial charge in [-0.25, -0.2) is 17.9 Å². The number of aromatic nitrogens is 1. The van der Waals surface area contributed by atoms with Crippen LogP contribution in [0.1, 0.15) is 49.5 Å². The molecule has 0 radical (unpaired) electrons. The Kier molecular flexibility index (Phi) is 7.22. The zero-order valence-corrected chi connectivity index (χ0v) is 16.2. The molecule has 0 saturated carbocycles. The molecule has 9 heteroatoms. The summed E-state index contributed by atoms with van der Waals surface area (Å²) in [6.45, 7) is 3.41. The number of likely N-dealkylation sites (tertiary alicyclic amines) is 1. The maximum atomic E-state index is 12.4. The van der Waals surface area contributed by atoms with Gasteiger partial charge in [0, 0.05) is 39.3 Å². The fourth-order valence-electron chi connectivity index (χ4n) is 2.94. The van der Waals surface area contributed by atoms with E-state index in [4.69, 9.17) is 4.74 Å². The molecule has 2 rings (SSSR count). The lowest BCUT2D eigenvalue weighted by atomic mass is 10.2. The molecule has 1 aliphatic rings. The number of aryl methyl sites for hydroxylation is 1. The number of nitrogens with one attached hydrogen (secondary N) is 1. The van der Waals surface area contributed by atoms with Crippen molar-refractivity contribution in [2.45, 2.75) is 43.9 Å². The minimum Gasteiger partial charge on any atom is -0.461 e. The molecule has 26 heavy (non-hydrogen) atoms. The molecule has 8 nitrogen and oxygen atoms in total. The molecular formula is C17H27N3O5S. The van der Waals surface area contributed by atoms with E-state index in [1.165, 1.54) is 16.8 Å². The number of carbonyl (C=O) groups excluding carboxylic acids is 2. The lowest BCUT2D eigenvalue weighted by Crippen LogP contribution is -2.35. The Bertz CT molecular complexity index is 734. The number of hydrogen-bond acceptors (Lipinski definition) is 5. The summed E-state index contributed by atoms with van der Waals surface area (Å²) in [5, 5.41) is 0. The predicted molar refractivity (Wildman–Crippen MR) is 96.2 cm³/mol. The van der Waals surface area contributed by atoms with Crippen LogP contribution in [0.3, 0.4) is 0 Å². The zero-order valence-electron chi connectivity index (χ0n) is 15.4. The molecule has 1 amide bonds. The van der Waals surface area contributed by atoms with Crippen LogP contribution in [0.2, 0.25) is 0 Å². The molecule has 1 fully saturated rings. The molecule has 1 aromatic heterocycles. The average molecular weight is 385 g/mol. The van der Waals surface area contributed by atoms with E-state index in [2.05, 4.69) is 4.72 Å². The molecule has 0 atom stereocenters. The van der Waals surface area contributed by atoms with Crippen LogP contribution in [0, 0.1) is 0 Å². The van der Waals surface area contributed by atoms with E-state index >= 15 is 0 Å². The topological polar surface area (TPSA) is 97.7 Å². The summed E-state index contributed by atoms with van der Waals surface area (Å²) in [5.41, 5.74) is 0.160. The fourth-order valence-corrected chi connectivity index (χ4v) is 4.04. The molecule has 0 bridgehead atoms. The van der Waals surface area contributed by atoms with Gasteiger partial charge in [0.1, 0.15) is 10.6 Å². The third-order valence-corrected chi connectivity index (χ3v) is 5.79. The number of nitrogens with zero attached hydrogens (tertiary/aromatic N) is 2. The Morgan fingerprint density at radius 2 is 1.85 bits per heavy atom. The van der Waals surface area contributed by atoms with E-state index in [1.807, 2.05) is 4.90 Å². The molecule has 1 saturated heterocycles. The van der Waals surface area contributed by atoms with Crippen LogP contribution in [0.5, 0.6) is 0 Å². The van der Waals surface area contributed by atoms with Crippen molar-refractivity contribution in [3.8, 4) is 0 Å². The number of hydrogen-bond donors (Lipinski definition) is 1. The standard InChI is InChI=1S/C17H27N3O5S/c1-3-25-17(22)15-12-14(13-19(15)2)26(23,24)18-9-8-16(21)20-10-6-4-5-7-11-20/h12-13,18H,3-11H2,1-2H3. The normalized spacial score (nSPS) is 15.5. The van der Waals surface area contributed by atoms with Crippen molar-refractivity contribution < 1.29 is 22.7 Å². The van der Waals surface area contributed by atoms with Crippen molar-refractivity contribution in [3.63, 3.8) is 0 Å². The highest BCUT2D eigenvalue weighted by Gasteiger charge is 2.22. The summed E-state index contributed by atoms with van der Waals surface area (Å²) >= 11 is 0. The highest BCUT2D eigenvalue weighted by molar-refractivity contribution is 7.89. The molecule has 0 aliphatic carbocycles. The maximum absolute atomic E-state index is 12.4. The Balaban J connectivity index is 1.93. The van der Waals surface area contributed by atoms with E-state index in [0.717, 1.165) is 38.8 Å². The fraction of sp³-hybridized carbons (Fsp3) is 0.647. The number of sulfonamides is 1. The van der Waals surface area contributed by atoms with E-state index in [0.29, 0.717) is 0 Å². The Morgan fingerprint density at radius 1 is 1.19 bits per heavy atom. The molecule has 1 N–H and O–H groups in total. The highest BCUT2D eigenvalue weighted by Crippen LogP contribution is 2.15. The van der Waals surface area contributed by atoms with Gasteiger partial charge >= 0.3 is 5.97 Å². The van der Waals surface area contributed by atoms with Gasteiger partial charge in [-0.2, -0.15) is 0 Å². The van der Waals surface area contributed by atoms with Crippen molar-refractivity contribution in [1.29, 1.82) is 0 Å². The van der Waals surface area contributed by atoms with Gasteiger partial charge in [0.25, 0.3) is 0 Å². The summed E-state index contributed by atoms with van der Waals surface area (Å²) in [7, 11) is -2.22. The van der Waals surface area contributed by atoms with Crippen LogP contribution in [0.15, 0.2) is 17.2 Å². The molecule has 1 aliphatic heterocycles. The highest BCUT2D eigenvalue weighted by atomic mass is 32.2. The largest absolute Gasteiger partial charge is 0.461 e. The second-order valence-corrected chi connectivity index (χ2v) is 8.10. The van der Waals surface area contributed by atoms with Crippen molar-refractivity contribution in [1.82, 2.24) is 14.2 Å². The monoisotopic (exact) mass is 385 g/mol. The van der Waals surface area contributed by atoms with Crippen LogP contribution in [0.4, 0.5) is 0 Å². The molecule has 0 unspecified atom stereocenters. The smallest absolute Gasteiger partial charge is 0.354 e. The van der Waals surface area contributed by atoms with Gasteiger partial charge in [-0.05, 0) is 25.8 Å². The second-order valence-electron chi connectivity index (χ2n) is 6.34. The molecule has 146 valence electrons. The number of ether oxygens (including phenoxy) is 1. The zero-order chi connectivity index (χ0) is 19.2. The first kappa shape index (κ1) is 20.4. The lowest BCUT2D eigenvalue weighted by Gasteiger charge is -2.20. The summed E-state index contributed by atoms with van der Waals surface area (Å²) in [6.07, 6.45) is 5.73. The van der Waals surface area contributed by atoms with Crippen molar-refractivity contribution in [3.05, 3.63) is 18.0 Å². The molecule has 0 spiro atoms. The second kappa shape index (κ2) is 9.18. The van der Waals surface area contributed by atoms with Crippen molar-refractivity contribution >= 4 is 21.9 Å². The summed E-state index contributed by atoms with van der Waals surface area (Å²) in [5.74, 6) is -0.609. The third kappa shape index (κ3) is 5.31. The van der Waals surface area contributed by atoms with Crippen LogP contribution >= 0.6 is 0 Å². The van der Waals surface area contributed by atoms with E-state index in [9.17, 15) is 18.0 Å². The Labute approximate surface area is 154 Å². The first-order valence-electron chi connectivity index (χ1n) is 8.96. The van der Waals surface area contributed by atoms with Gasteiger partial charge in [-0.15, -0.1) is 0 Å². The minimum atomic E-state index is -3.79. The summed E-state index contributed by atoms with van der Waals surface area (Å²) < 4.78 is 33.5. The number of carbonyl (C=O) groups is 2. The molecule has 2 heterocycles. The lowest BCUT2D eigenvalue weighted by molar-refractivity contribution is -0.130. The SMILES string of the molecule is CCOC(=O)c1cc(S(=O)(=O)NCCC(=O)N2CCCCCC2)cn1C. The molecule has 1 aromatic rings. The van der Waals surface area contributed by atoms with E-state index in [1.54, 1.807) is 14.0 Å². The van der Waals surface area contributed by atoms with Crippen LogP contribution in [-0.4, -0.2) is 56.0 Å². The number of amides is 1. The van der Waals surface area contributed by atoms with Gasteiger partial charge in [0.2, 0.25) is 15.9 Å².